The third-order valence-electron chi connectivity index (χ3n) is 3.19. The first-order valence-corrected chi connectivity index (χ1v) is 6.80. The van der Waals surface area contributed by atoms with Crippen LogP contribution in [0, 0.1) is 6.92 Å². The predicted octanol–water partition coefficient (Wildman–Crippen LogP) is 2.07. The van der Waals surface area contributed by atoms with Gasteiger partial charge >= 0.3 is 0 Å². The third-order valence-corrected chi connectivity index (χ3v) is 3.19. The number of nitrogens with one attached hydrogen (secondary N) is 1. The summed E-state index contributed by atoms with van der Waals surface area (Å²) in [5.41, 5.74) is 0.338. The van der Waals surface area contributed by atoms with Crippen molar-refractivity contribution in [1.29, 1.82) is 0 Å². The number of methoxy groups -OCH3 is 2. The molecule has 0 aliphatic heterocycles. The Morgan fingerprint density at radius 2 is 2.05 bits per heavy atom. The number of ether oxygens (including phenoxy) is 2. The highest BCUT2D eigenvalue weighted by molar-refractivity contribution is 5.97. The number of aliphatic hydroxyl groups is 1. The highest BCUT2D eigenvalue weighted by Gasteiger charge is 2.18. The smallest absolute Gasteiger partial charge is 0.255 e. The van der Waals surface area contributed by atoms with E-state index in [1.807, 2.05) is 0 Å². The number of benzene rings is 1. The summed E-state index contributed by atoms with van der Waals surface area (Å²) in [7, 11) is 2.97. The van der Waals surface area contributed by atoms with E-state index in [-0.39, 0.29) is 12.5 Å². The maximum Gasteiger partial charge on any atom is 0.255 e. The summed E-state index contributed by atoms with van der Waals surface area (Å²) < 4.78 is 15.7. The van der Waals surface area contributed by atoms with E-state index in [0.717, 1.165) is 0 Å². The predicted molar refractivity (Wildman–Crippen MR) is 80.3 cm³/mol. The molecule has 0 saturated heterocycles. The van der Waals surface area contributed by atoms with Crippen LogP contribution >= 0.6 is 0 Å². The van der Waals surface area contributed by atoms with Crippen molar-refractivity contribution in [1.82, 2.24) is 5.32 Å². The summed E-state index contributed by atoms with van der Waals surface area (Å²) >= 11 is 0. The minimum Gasteiger partial charge on any atom is -0.493 e. The van der Waals surface area contributed by atoms with Gasteiger partial charge in [-0.2, -0.15) is 0 Å². The molecule has 0 fully saturated rings. The van der Waals surface area contributed by atoms with Crippen LogP contribution in [0.15, 0.2) is 34.7 Å². The molecule has 2 N–H and O–H groups in total. The summed E-state index contributed by atoms with van der Waals surface area (Å²) in [5.74, 6) is 1.58. The molecule has 2 aromatic rings. The number of hydrogen-bond donors (Lipinski definition) is 2. The van der Waals surface area contributed by atoms with Gasteiger partial charge in [0.05, 0.1) is 26.3 Å². The summed E-state index contributed by atoms with van der Waals surface area (Å²) in [5, 5.41) is 12.6. The van der Waals surface area contributed by atoms with Gasteiger partial charge in [0.25, 0.3) is 5.91 Å². The van der Waals surface area contributed by atoms with Gasteiger partial charge in [-0.3, -0.25) is 4.79 Å². The van der Waals surface area contributed by atoms with Gasteiger partial charge in [-0.1, -0.05) is 6.07 Å². The number of aryl methyl sites for hydroxylation is 1. The van der Waals surface area contributed by atoms with Crippen molar-refractivity contribution < 1.29 is 23.8 Å². The average molecular weight is 305 g/mol. The fourth-order valence-corrected chi connectivity index (χ4v) is 2.08. The van der Waals surface area contributed by atoms with Crippen LogP contribution in [0.3, 0.4) is 0 Å². The second-order valence-electron chi connectivity index (χ2n) is 4.72. The first kappa shape index (κ1) is 15.9. The van der Waals surface area contributed by atoms with Gasteiger partial charge < -0.3 is 24.3 Å². The zero-order valence-electron chi connectivity index (χ0n) is 12.8. The van der Waals surface area contributed by atoms with Crippen LogP contribution in [0.1, 0.15) is 28.0 Å². The monoisotopic (exact) mass is 305 g/mol. The van der Waals surface area contributed by atoms with Crippen LogP contribution in [0.5, 0.6) is 11.5 Å². The van der Waals surface area contributed by atoms with Crippen LogP contribution in [0.4, 0.5) is 0 Å². The molecular formula is C16H19NO5. The summed E-state index contributed by atoms with van der Waals surface area (Å²) in [6, 6.07) is 8.46. The molecule has 118 valence electrons. The number of furan rings is 1. The van der Waals surface area contributed by atoms with Gasteiger partial charge in [0.1, 0.15) is 17.6 Å². The second kappa shape index (κ2) is 7.00. The molecule has 0 aliphatic carbocycles. The lowest BCUT2D eigenvalue weighted by molar-refractivity contribution is 0.0897. The Bertz CT molecular complexity index is 650. The molecule has 1 aromatic heterocycles. The lowest BCUT2D eigenvalue weighted by atomic mass is 10.1. The minimum atomic E-state index is -0.908. The first-order chi connectivity index (χ1) is 10.6. The Balaban J connectivity index is 2.06. The van der Waals surface area contributed by atoms with Crippen molar-refractivity contribution >= 4 is 5.91 Å². The van der Waals surface area contributed by atoms with E-state index in [1.165, 1.54) is 14.2 Å². The molecule has 0 radical (unpaired) electrons. The SMILES string of the molecule is COc1cccc(C(=O)NCC(O)c2ccc(C)o2)c1OC. The number of hydrogen-bond acceptors (Lipinski definition) is 5. The third kappa shape index (κ3) is 3.40. The quantitative estimate of drug-likeness (QED) is 0.854. The van der Waals surface area contributed by atoms with Crippen molar-refractivity contribution in [3.8, 4) is 11.5 Å². The van der Waals surface area contributed by atoms with Gasteiger partial charge in [0, 0.05) is 0 Å². The van der Waals surface area contributed by atoms with Crippen molar-refractivity contribution in [2.45, 2.75) is 13.0 Å². The molecule has 6 heteroatoms. The Labute approximate surface area is 128 Å². The second-order valence-corrected chi connectivity index (χ2v) is 4.72. The maximum atomic E-state index is 12.2. The lowest BCUT2D eigenvalue weighted by Gasteiger charge is -2.13. The molecule has 0 saturated carbocycles. The lowest BCUT2D eigenvalue weighted by Crippen LogP contribution is -2.28. The standard InChI is InChI=1S/C16H19NO5/c1-10-7-8-13(22-10)12(18)9-17-16(19)11-5-4-6-14(20-2)15(11)21-3/h4-8,12,18H,9H2,1-3H3,(H,17,19). The zero-order chi connectivity index (χ0) is 16.1. The van der Waals surface area contributed by atoms with Crippen LogP contribution in [-0.4, -0.2) is 31.8 Å². The molecule has 22 heavy (non-hydrogen) atoms. The van der Waals surface area contributed by atoms with Crippen LogP contribution in [0.25, 0.3) is 0 Å². The van der Waals surface area contributed by atoms with E-state index in [9.17, 15) is 9.90 Å². The Hall–Kier alpha value is -2.47. The highest BCUT2D eigenvalue weighted by atomic mass is 16.5. The van der Waals surface area contributed by atoms with Gasteiger partial charge in [-0.05, 0) is 31.2 Å². The largest absolute Gasteiger partial charge is 0.493 e. The van der Waals surface area contributed by atoms with Crippen LogP contribution in [0.2, 0.25) is 0 Å². The van der Waals surface area contributed by atoms with Crippen molar-refractivity contribution in [3.05, 3.63) is 47.4 Å². The van der Waals surface area contributed by atoms with Crippen LogP contribution < -0.4 is 14.8 Å². The average Bonchev–Trinajstić information content (AvgIpc) is 2.97. The van der Waals surface area contributed by atoms with E-state index in [1.54, 1.807) is 37.3 Å². The number of rotatable bonds is 6. The fourth-order valence-electron chi connectivity index (χ4n) is 2.08. The topological polar surface area (TPSA) is 80.9 Å². The zero-order valence-corrected chi connectivity index (χ0v) is 12.8. The van der Waals surface area contributed by atoms with Crippen molar-refractivity contribution in [2.75, 3.05) is 20.8 Å². The van der Waals surface area contributed by atoms with E-state index in [2.05, 4.69) is 5.32 Å². The summed E-state index contributed by atoms with van der Waals surface area (Å²) in [6.07, 6.45) is -0.908. The normalized spacial score (nSPS) is 11.8. The Morgan fingerprint density at radius 1 is 1.27 bits per heavy atom. The molecule has 1 unspecified atom stereocenters. The van der Waals surface area contributed by atoms with E-state index >= 15 is 0 Å². The fraction of sp³-hybridized carbons (Fsp3) is 0.312. The van der Waals surface area contributed by atoms with Crippen molar-refractivity contribution in [3.63, 3.8) is 0 Å². The van der Waals surface area contributed by atoms with Crippen molar-refractivity contribution in [2.24, 2.45) is 0 Å². The van der Waals surface area contributed by atoms with Gasteiger partial charge in [0.15, 0.2) is 11.5 Å². The van der Waals surface area contributed by atoms with E-state index < -0.39 is 6.10 Å². The maximum absolute atomic E-state index is 12.2. The summed E-state index contributed by atoms with van der Waals surface area (Å²) in [4.78, 5) is 12.2. The van der Waals surface area contributed by atoms with E-state index in [0.29, 0.717) is 28.6 Å². The van der Waals surface area contributed by atoms with E-state index in [4.69, 9.17) is 13.9 Å². The number of carbonyl (C=O) groups excluding carboxylic acids is 1. The molecule has 6 nitrogen and oxygen atoms in total. The molecule has 1 heterocycles. The van der Waals surface area contributed by atoms with Crippen LogP contribution in [-0.2, 0) is 0 Å². The number of para-hydroxylation sites is 1. The number of amides is 1. The molecular weight excluding hydrogens is 286 g/mol. The van der Waals surface area contributed by atoms with Gasteiger partial charge in [-0.25, -0.2) is 0 Å². The molecule has 0 bridgehead atoms. The number of aliphatic hydroxyl groups excluding tert-OH is 1. The summed E-state index contributed by atoms with van der Waals surface area (Å²) in [6.45, 7) is 1.82. The molecule has 1 amide bonds. The Kier molecular flexibility index (Phi) is 5.06. The highest BCUT2D eigenvalue weighted by Crippen LogP contribution is 2.30. The number of carbonyl (C=O) groups is 1. The Morgan fingerprint density at radius 3 is 2.64 bits per heavy atom. The first-order valence-electron chi connectivity index (χ1n) is 6.80. The molecule has 1 aromatic carbocycles. The van der Waals surface area contributed by atoms with Gasteiger partial charge in [-0.15, -0.1) is 0 Å². The molecule has 2 rings (SSSR count). The molecule has 0 spiro atoms. The molecule has 0 aliphatic rings. The van der Waals surface area contributed by atoms with Gasteiger partial charge in [0.2, 0.25) is 0 Å². The molecule has 1 atom stereocenters. The minimum absolute atomic E-state index is 0.0339.